The molecule has 3 aromatic rings. The van der Waals surface area contributed by atoms with Gasteiger partial charge in [0.15, 0.2) is 5.75 Å². The number of ether oxygens (including phenoxy) is 2. The number of phenolic OH excluding ortho intramolecular Hbond substituents is 1. The molecule has 7 heteroatoms. The minimum absolute atomic E-state index is 0.0169. The number of aromatic hydroxyl groups is 1. The molecule has 0 aliphatic heterocycles. The first kappa shape index (κ1) is 16.3. The second kappa shape index (κ2) is 6.48. The van der Waals surface area contributed by atoms with E-state index in [0.717, 1.165) is 6.92 Å². The molecule has 0 aliphatic rings. The lowest BCUT2D eigenvalue weighted by molar-refractivity contribution is -0.132. The molecule has 7 nitrogen and oxygen atoms in total. The number of hydrogen-bond acceptors (Lipinski definition) is 7. The molecule has 0 atom stereocenters. The molecule has 0 bridgehead atoms. The van der Waals surface area contributed by atoms with Gasteiger partial charge in [0.25, 0.3) is 5.75 Å². The van der Waals surface area contributed by atoms with Crippen molar-refractivity contribution in [1.29, 1.82) is 0 Å². The molecule has 0 saturated carbocycles. The molecular weight excluding hydrogens is 328 g/mol. The topological polar surface area (TPSA) is 103 Å². The Morgan fingerprint density at radius 1 is 1.00 bits per heavy atom. The summed E-state index contributed by atoms with van der Waals surface area (Å²) in [5.74, 6) is -2.45. The Labute approximate surface area is 141 Å². The summed E-state index contributed by atoms with van der Waals surface area (Å²) in [5, 5.41) is 9.72. The lowest BCUT2D eigenvalue weighted by Crippen LogP contribution is -2.16. The predicted molar refractivity (Wildman–Crippen MR) is 86.9 cm³/mol. The monoisotopic (exact) mass is 340 g/mol. The van der Waals surface area contributed by atoms with Gasteiger partial charge in [-0.15, -0.1) is 0 Å². The van der Waals surface area contributed by atoms with Crippen LogP contribution in [0.4, 0.5) is 0 Å². The fraction of sp³-hybridized carbons (Fsp3) is 0.0556. The van der Waals surface area contributed by atoms with Crippen LogP contribution in [0.25, 0.3) is 11.0 Å². The van der Waals surface area contributed by atoms with Crippen molar-refractivity contribution in [2.75, 3.05) is 0 Å². The van der Waals surface area contributed by atoms with Crippen LogP contribution in [0.3, 0.4) is 0 Å². The van der Waals surface area contributed by atoms with Gasteiger partial charge in [-0.05, 0) is 24.3 Å². The number of carbonyl (C=O) groups is 2. The molecular formula is C18H12O7. The van der Waals surface area contributed by atoms with Crippen molar-refractivity contribution >= 4 is 22.9 Å². The Morgan fingerprint density at radius 2 is 1.72 bits per heavy atom. The molecule has 0 fully saturated rings. The number of benzene rings is 2. The van der Waals surface area contributed by atoms with E-state index in [1.807, 2.05) is 0 Å². The normalized spacial score (nSPS) is 10.4. The number of esters is 2. The van der Waals surface area contributed by atoms with Crippen LogP contribution >= 0.6 is 0 Å². The van der Waals surface area contributed by atoms with Crippen LogP contribution in [0.15, 0.2) is 57.7 Å². The van der Waals surface area contributed by atoms with E-state index in [1.165, 1.54) is 30.3 Å². The van der Waals surface area contributed by atoms with Crippen LogP contribution in [-0.4, -0.2) is 17.0 Å². The molecule has 1 N–H and O–H groups in total. The number of carbonyl (C=O) groups excluding carboxylic acids is 2. The quantitative estimate of drug-likeness (QED) is 0.577. The van der Waals surface area contributed by atoms with Crippen LogP contribution in [0, 0.1) is 0 Å². The summed E-state index contributed by atoms with van der Waals surface area (Å²) in [6, 6.07) is 12.0. The molecule has 0 radical (unpaired) electrons. The second-order valence-corrected chi connectivity index (χ2v) is 5.08. The van der Waals surface area contributed by atoms with E-state index in [1.54, 1.807) is 18.2 Å². The van der Waals surface area contributed by atoms with Crippen LogP contribution in [0.5, 0.6) is 17.2 Å². The average Bonchev–Trinajstić information content (AvgIpc) is 2.58. The summed E-state index contributed by atoms with van der Waals surface area (Å²) in [4.78, 5) is 35.7. The lowest BCUT2D eigenvalue weighted by Gasteiger charge is -2.11. The van der Waals surface area contributed by atoms with Gasteiger partial charge >= 0.3 is 17.6 Å². The number of fused-ring (bicyclic) bond motifs is 1. The van der Waals surface area contributed by atoms with Gasteiger partial charge in [0.05, 0.1) is 10.9 Å². The van der Waals surface area contributed by atoms with E-state index in [9.17, 15) is 19.5 Å². The third-order valence-corrected chi connectivity index (χ3v) is 3.25. The highest BCUT2D eigenvalue weighted by Gasteiger charge is 2.22. The van der Waals surface area contributed by atoms with E-state index >= 15 is 0 Å². The molecule has 1 aromatic heterocycles. The Kier molecular flexibility index (Phi) is 4.21. The van der Waals surface area contributed by atoms with Gasteiger partial charge in [0.1, 0.15) is 11.3 Å². The van der Waals surface area contributed by atoms with Gasteiger partial charge in [-0.2, -0.15) is 0 Å². The van der Waals surface area contributed by atoms with Gasteiger partial charge in [-0.1, -0.05) is 18.2 Å². The summed E-state index contributed by atoms with van der Waals surface area (Å²) in [6.45, 7) is 1.10. The highest BCUT2D eigenvalue weighted by molar-refractivity contribution is 5.95. The average molecular weight is 340 g/mol. The number of hydrogen-bond donors (Lipinski definition) is 1. The maximum atomic E-state index is 12.3. The number of rotatable bonds is 3. The summed E-state index contributed by atoms with van der Waals surface area (Å²) in [7, 11) is 0. The lowest BCUT2D eigenvalue weighted by atomic mass is 10.2. The smallest absolute Gasteiger partial charge is 0.383 e. The van der Waals surface area contributed by atoms with Crippen molar-refractivity contribution in [3.8, 4) is 17.2 Å². The molecule has 1 heterocycles. The maximum Gasteiger partial charge on any atom is 0.383 e. The van der Waals surface area contributed by atoms with Crippen molar-refractivity contribution in [3.63, 3.8) is 0 Å². The molecule has 0 aliphatic carbocycles. The van der Waals surface area contributed by atoms with Gasteiger partial charge in [-0.3, -0.25) is 4.79 Å². The largest absolute Gasteiger partial charge is 0.508 e. The Balaban J connectivity index is 2.17. The van der Waals surface area contributed by atoms with Crippen molar-refractivity contribution in [2.24, 2.45) is 0 Å². The predicted octanol–water partition coefficient (Wildman–Crippen LogP) is 2.64. The zero-order chi connectivity index (χ0) is 18.0. The number of phenols is 1. The van der Waals surface area contributed by atoms with Gasteiger partial charge < -0.3 is 19.0 Å². The van der Waals surface area contributed by atoms with Crippen molar-refractivity contribution in [3.05, 3.63) is 64.5 Å². The Hall–Kier alpha value is -3.61. The second-order valence-electron chi connectivity index (χ2n) is 5.08. The first-order valence-electron chi connectivity index (χ1n) is 7.21. The van der Waals surface area contributed by atoms with E-state index in [0.29, 0.717) is 0 Å². The van der Waals surface area contributed by atoms with E-state index in [2.05, 4.69) is 0 Å². The first-order valence-corrected chi connectivity index (χ1v) is 7.21. The molecule has 0 saturated heterocycles. The third kappa shape index (κ3) is 3.35. The Bertz CT molecular complexity index is 1020. The van der Waals surface area contributed by atoms with Gasteiger partial charge in [-0.25, -0.2) is 9.59 Å². The van der Waals surface area contributed by atoms with Crippen LogP contribution in [-0.2, 0) is 4.79 Å². The van der Waals surface area contributed by atoms with Crippen LogP contribution < -0.4 is 15.1 Å². The summed E-state index contributed by atoms with van der Waals surface area (Å²) < 4.78 is 15.2. The van der Waals surface area contributed by atoms with E-state index in [-0.39, 0.29) is 28.0 Å². The van der Waals surface area contributed by atoms with E-state index < -0.39 is 23.3 Å². The Morgan fingerprint density at radius 3 is 2.40 bits per heavy atom. The molecule has 2 aromatic carbocycles. The van der Waals surface area contributed by atoms with Gasteiger partial charge in [0.2, 0.25) is 0 Å². The summed E-state index contributed by atoms with van der Waals surface area (Å²) >= 11 is 0. The van der Waals surface area contributed by atoms with Crippen molar-refractivity contribution < 1.29 is 28.6 Å². The minimum Gasteiger partial charge on any atom is -0.508 e. The molecule has 3 rings (SSSR count). The standard InChI is InChI=1S/C18H12O7/c1-10(19)23-16-15(25-17(21)11-5-3-2-4-6-11)13-8-7-12(20)9-14(13)24-18(16)22/h2-9,20H,1H3. The highest BCUT2D eigenvalue weighted by Crippen LogP contribution is 2.35. The first-order chi connectivity index (χ1) is 12.0. The van der Waals surface area contributed by atoms with Crippen LogP contribution in [0.2, 0.25) is 0 Å². The third-order valence-electron chi connectivity index (χ3n) is 3.25. The minimum atomic E-state index is -1.01. The maximum absolute atomic E-state index is 12.3. The summed E-state index contributed by atoms with van der Waals surface area (Å²) in [6.07, 6.45) is 0. The molecule has 0 unspecified atom stereocenters. The fourth-order valence-corrected chi connectivity index (χ4v) is 2.20. The molecule has 25 heavy (non-hydrogen) atoms. The SMILES string of the molecule is CC(=O)Oc1c(OC(=O)c2ccccc2)c2ccc(O)cc2oc1=O. The van der Waals surface area contributed by atoms with Crippen LogP contribution in [0.1, 0.15) is 17.3 Å². The summed E-state index contributed by atoms with van der Waals surface area (Å²) in [5.41, 5.74) is -0.780. The zero-order valence-corrected chi connectivity index (χ0v) is 13.0. The van der Waals surface area contributed by atoms with E-state index in [4.69, 9.17) is 13.9 Å². The van der Waals surface area contributed by atoms with Gasteiger partial charge in [0, 0.05) is 13.0 Å². The fourth-order valence-electron chi connectivity index (χ4n) is 2.20. The van der Waals surface area contributed by atoms with Crippen molar-refractivity contribution in [2.45, 2.75) is 6.92 Å². The molecule has 0 amide bonds. The molecule has 0 spiro atoms. The molecule has 126 valence electrons. The highest BCUT2D eigenvalue weighted by atomic mass is 16.6. The zero-order valence-electron chi connectivity index (χ0n) is 13.0. The van der Waals surface area contributed by atoms with Crippen molar-refractivity contribution in [1.82, 2.24) is 0 Å².